The molecule has 0 radical (unpaired) electrons. The van der Waals surface area contributed by atoms with Gasteiger partial charge in [0.25, 0.3) is 0 Å². The molecule has 1 saturated heterocycles. The Labute approximate surface area is 123 Å². The number of nitrogens with zero attached hydrogens (tertiary/aromatic N) is 2. The molecule has 3 heterocycles. The Bertz CT molecular complexity index is 564. The summed E-state index contributed by atoms with van der Waals surface area (Å²) >= 11 is 1.65. The van der Waals surface area contributed by atoms with Crippen LogP contribution in [0.5, 0.6) is 0 Å². The molecule has 2 aromatic rings. The van der Waals surface area contributed by atoms with Gasteiger partial charge in [0, 0.05) is 19.1 Å². The number of rotatable bonds is 3. The Morgan fingerprint density at radius 3 is 3.10 bits per heavy atom. The van der Waals surface area contributed by atoms with E-state index in [0.717, 1.165) is 48.3 Å². The van der Waals surface area contributed by atoms with Gasteiger partial charge in [-0.15, -0.1) is 11.3 Å². The Kier molecular flexibility index (Phi) is 3.92. The second-order valence-corrected chi connectivity index (χ2v) is 6.61. The lowest BCUT2D eigenvalue weighted by atomic mass is 9.94. The van der Waals surface area contributed by atoms with Crippen LogP contribution in [0.2, 0.25) is 0 Å². The fraction of sp³-hybridized carbons (Fsp3) is 0.533. The van der Waals surface area contributed by atoms with Gasteiger partial charge in [-0.05, 0) is 37.3 Å². The molecule has 2 atom stereocenters. The van der Waals surface area contributed by atoms with Crippen molar-refractivity contribution in [2.45, 2.75) is 32.9 Å². The van der Waals surface area contributed by atoms with E-state index in [1.165, 1.54) is 0 Å². The Balaban J connectivity index is 1.72. The van der Waals surface area contributed by atoms with Crippen molar-refractivity contribution in [2.75, 3.05) is 13.1 Å². The van der Waals surface area contributed by atoms with Crippen LogP contribution in [0.3, 0.4) is 0 Å². The van der Waals surface area contributed by atoms with Crippen LogP contribution >= 0.6 is 11.3 Å². The fourth-order valence-corrected chi connectivity index (χ4v) is 3.25. The lowest BCUT2D eigenvalue weighted by Gasteiger charge is -2.34. The maximum atomic E-state index is 6.16. The Hall–Kier alpha value is -1.17. The summed E-state index contributed by atoms with van der Waals surface area (Å²) in [4.78, 5) is 8.12. The molecule has 5 heteroatoms. The lowest BCUT2D eigenvalue weighted by Crippen LogP contribution is -2.47. The number of oxazole rings is 1. The van der Waals surface area contributed by atoms with E-state index in [0.29, 0.717) is 5.92 Å². The predicted octanol–water partition coefficient (Wildman–Crippen LogP) is 2.88. The zero-order valence-electron chi connectivity index (χ0n) is 12.0. The van der Waals surface area contributed by atoms with Gasteiger partial charge in [0.1, 0.15) is 5.76 Å². The molecule has 4 nitrogen and oxygen atoms in total. The topological polar surface area (TPSA) is 55.3 Å². The monoisotopic (exact) mass is 291 g/mol. The van der Waals surface area contributed by atoms with Crippen molar-refractivity contribution in [3.05, 3.63) is 29.0 Å². The molecule has 0 amide bonds. The van der Waals surface area contributed by atoms with Gasteiger partial charge in [0.2, 0.25) is 5.89 Å². The summed E-state index contributed by atoms with van der Waals surface area (Å²) in [6, 6.07) is 4.33. The Morgan fingerprint density at radius 1 is 1.55 bits per heavy atom. The number of aromatic nitrogens is 1. The highest BCUT2D eigenvalue weighted by Gasteiger charge is 2.24. The molecular weight excluding hydrogens is 270 g/mol. The van der Waals surface area contributed by atoms with Crippen molar-refractivity contribution in [3.63, 3.8) is 0 Å². The molecule has 0 spiro atoms. The average molecular weight is 291 g/mol. The molecule has 108 valence electrons. The first-order valence-corrected chi connectivity index (χ1v) is 7.99. The lowest BCUT2D eigenvalue weighted by molar-refractivity contribution is 0.160. The van der Waals surface area contributed by atoms with Crippen molar-refractivity contribution in [1.29, 1.82) is 0 Å². The van der Waals surface area contributed by atoms with E-state index in [2.05, 4.69) is 16.8 Å². The zero-order chi connectivity index (χ0) is 14.1. The van der Waals surface area contributed by atoms with E-state index in [4.69, 9.17) is 10.2 Å². The summed E-state index contributed by atoms with van der Waals surface area (Å²) in [5.41, 5.74) is 7.20. The van der Waals surface area contributed by atoms with Crippen LogP contribution in [0.25, 0.3) is 10.8 Å². The number of thiophene rings is 1. The first-order chi connectivity index (χ1) is 9.63. The van der Waals surface area contributed by atoms with Gasteiger partial charge in [0.15, 0.2) is 0 Å². The standard InChI is InChI=1S/C15H21N3OS/c1-10-5-6-18(8-12(10)16)9-13-11(2)19-15(17-13)14-4-3-7-20-14/h3-4,7,10,12H,5-6,8-9,16H2,1-2H3. The molecule has 0 aliphatic carbocycles. The summed E-state index contributed by atoms with van der Waals surface area (Å²) in [5, 5.41) is 2.04. The third-order valence-electron chi connectivity index (χ3n) is 4.10. The first kappa shape index (κ1) is 13.8. The summed E-state index contributed by atoms with van der Waals surface area (Å²) < 4.78 is 5.79. The summed E-state index contributed by atoms with van der Waals surface area (Å²) in [5.74, 6) is 2.27. The van der Waals surface area contributed by atoms with E-state index < -0.39 is 0 Å². The van der Waals surface area contributed by atoms with Crippen LogP contribution in [0, 0.1) is 12.8 Å². The van der Waals surface area contributed by atoms with Gasteiger partial charge < -0.3 is 10.2 Å². The first-order valence-electron chi connectivity index (χ1n) is 7.11. The molecule has 1 fully saturated rings. The van der Waals surface area contributed by atoms with Gasteiger partial charge in [0.05, 0.1) is 10.6 Å². The minimum absolute atomic E-state index is 0.271. The van der Waals surface area contributed by atoms with E-state index in [9.17, 15) is 0 Å². The summed E-state index contributed by atoms with van der Waals surface area (Å²) in [6.45, 7) is 7.10. The van der Waals surface area contributed by atoms with E-state index >= 15 is 0 Å². The molecule has 20 heavy (non-hydrogen) atoms. The molecule has 1 aliphatic rings. The highest BCUT2D eigenvalue weighted by molar-refractivity contribution is 7.13. The average Bonchev–Trinajstić information content (AvgIpc) is 3.04. The van der Waals surface area contributed by atoms with Crippen molar-refractivity contribution in [3.8, 4) is 10.8 Å². The second-order valence-electron chi connectivity index (χ2n) is 5.66. The van der Waals surface area contributed by atoms with Gasteiger partial charge in [-0.1, -0.05) is 13.0 Å². The van der Waals surface area contributed by atoms with Gasteiger partial charge in [-0.3, -0.25) is 4.90 Å². The van der Waals surface area contributed by atoms with Crippen LogP contribution in [0.15, 0.2) is 21.9 Å². The molecule has 2 aromatic heterocycles. The van der Waals surface area contributed by atoms with Crippen molar-refractivity contribution in [2.24, 2.45) is 11.7 Å². The summed E-state index contributed by atoms with van der Waals surface area (Å²) in [6.07, 6.45) is 1.16. The Morgan fingerprint density at radius 2 is 2.40 bits per heavy atom. The second kappa shape index (κ2) is 5.68. The van der Waals surface area contributed by atoms with Crippen LogP contribution in [-0.4, -0.2) is 29.0 Å². The normalized spacial score (nSPS) is 24.1. The number of hydrogen-bond acceptors (Lipinski definition) is 5. The predicted molar refractivity (Wildman–Crippen MR) is 81.6 cm³/mol. The molecule has 2 unspecified atom stereocenters. The summed E-state index contributed by atoms with van der Waals surface area (Å²) in [7, 11) is 0. The van der Waals surface area contributed by atoms with E-state index in [1.54, 1.807) is 11.3 Å². The number of piperidine rings is 1. The highest BCUT2D eigenvalue weighted by atomic mass is 32.1. The van der Waals surface area contributed by atoms with Crippen LogP contribution in [0.4, 0.5) is 0 Å². The minimum Gasteiger partial charge on any atom is -0.440 e. The molecule has 0 saturated carbocycles. The molecule has 0 bridgehead atoms. The number of likely N-dealkylation sites (tertiary alicyclic amines) is 1. The fourth-order valence-electron chi connectivity index (χ4n) is 2.61. The zero-order valence-corrected chi connectivity index (χ0v) is 12.8. The SMILES string of the molecule is Cc1oc(-c2cccs2)nc1CN1CCC(C)C(N)C1. The molecule has 2 N–H and O–H groups in total. The molecule has 3 rings (SSSR count). The van der Waals surface area contributed by atoms with Gasteiger partial charge >= 0.3 is 0 Å². The third kappa shape index (κ3) is 2.80. The maximum Gasteiger partial charge on any atom is 0.236 e. The number of hydrogen-bond donors (Lipinski definition) is 1. The largest absolute Gasteiger partial charge is 0.440 e. The van der Waals surface area contributed by atoms with Crippen molar-refractivity contribution >= 4 is 11.3 Å². The van der Waals surface area contributed by atoms with Crippen molar-refractivity contribution < 1.29 is 4.42 Å². The van der Waals surface area contributed by atoms with Crippen molar-refractivity contribution in [1.82, 2.24) is 9.88 Å². The van der Waals surface area contributed by atoms with E-state index in [-0.39, 0.29) is 6.04 Å². The maximum absolute atomic E-state index is 6.16. The van der Waals surface area contributed by atoms with Crippen LogP contribution in [-0.2, 0) is 6.54 Å². The van der Waals surface area contributed by atoms with Crippen LogP contribution in [0.1, 0.15) is 24.8 Å². The molecule has 0 aromatic carbocycles. The third-order valence-corrected chi connectivity index (χ3v) is 4.96. The highest BCUT2D eigenvalue weighted by Crippen LogP contribution is 2.27. The van der Waals surface area contributed by atoms with Gasteiger partial charge in [-0.2, -0.15) is 0 Å². The van der Waals surface area contributed by atoms with Crippen LogP contribution < -0.4 is 5.73 Å². The number of aryl methyl sites for hydroxylation is 1. The molecular formula is C15H21N3OS. The smallest absolute Gasteiger partial charge is 0.236 e. The van der Waals surface area contributed by atoms with Gasteiger partial charge in [-0.25, -0.2) is 4.98 Å². The quantitative estimate of drug-likeness (QED) is 0.944. The number of nitrogens with two attached hydrogens (primary N) is 1. The molecule has 1 aliphatic heterocycles. The minimum atomic E-state index is 0.271. The van der Waals surface area contributed by atoms with E-state index in [1.807, 2.05) is 24.4 Å².